The Labute approximate surface area is 174 Å². The van der Waals surface area contributed by atoms with Gasteiger partial charge in [0.05, 0.1) is 12.7 Å². The van der Waals surface area contributed by atoms with Crippen LogP contribution in [0.2, 0.25) is 0 Å². The Morgan fingerprint density at radius 2 is 1.64 bits per heavy atom. The number of nitrogens with zero attached hydrogens (tertiary/aromatic N) is 1. The number of hydrogen-bond acceptors (Lipinski definition) is 2. The van der Waals surface area contributed by atoms with Crippen molar-refractivity contribution in [1.82, 2.24) is 10.6 Å². The summed E-state index contributed by atoms with van der Waals surface area (Å²) in [6, 6.07) is 0. The van der Waals surface area contributed by atoms with Gasteiger partial charge >= 0.3 is 0 Å². The molecule has 0 aromatic carbocycles. The van der Waals surface area contributed by atoms with Crippen LogP contribution in [0.3, 0.4) is 0 Å². The molecule has 162 valence electrons. The molecule has 1 amide bonds. The van der Waals surface area contributed by atoms with Crippen molar-refractivity contribution >= 4 is 5.91 Å². The molecule has 0 spiro atoms. The first kappa shape index (κ1) is 24.7. The van der Waals surface area contributed by atoms with Gasteiger partial charge in [-0.1, -0.05) is 64.0 Å². The van der Waals surface area contributed by atoms with Crippen molar-refractivity contribution in [2.75, 3.05) is 6.54 Å². The minimum Gasteiger partial charge on any atom is -0.338 e. The van der Waals surface area contributed by atoms with E-state index in [4.69, 9.17) is 0 Å². The van der Waals surface area contributed by atoms with Crippen molar-refractivity contribution in [2.45, 2.75) is 117 Å². The number of allylic oxidation sites excluding steroid dienone is 2. The average Bonchev–Trinajstić information content (AvgIpc) is 3.09. The molecule has 2 N–H and O–H groups in total. The summed E-state index contributed by atoms with van der Waals surface area (Å²) in [6.45, 7) is 9.16. The predicted molar refractivity (Wildman–Crippen MR) is 120 cm³/mol. The third-order valence-corrected chi connectivity index (χ3v) is 6.14. The Kier molecular flexibility index (Phi) is 13.0. The highest BCUT2D eigenvalue weighted by Gasteiger charge is 2.41. The van der Waals surface area contributed by atoms with Crippen LogP contribution in [-0.2, 0) is 4.79 Å². The van der Waals surface area contributed by atoms with Crippen molar-refractivity contribution in [2.24, 2.45) is 0 Å². The number of rotatable bonds is 16. The SMILES string of the molecule is CCCCCCCCCC/C=C/CCCC1NC=C[N+]1(CC)C(C)NC(C)=O. The van der Waals surface area contributed by atoms with Gasteiger partial charge in [0.25, 0.3) is 0 Å². The third kappa shape index (κ3) is 8.81. The molecule has 0 bridgehead atoms. The van der Waals surface area contributed by atoms with Gasteiger partial charge in [0.15, 0.2) is 12.3 Å². The van der Waals surface area contributed by atoms with Gasteiger partial charge in [-0.25, -0.2) is 0 Å². The number of amides is 1. The second kappa shape index (κ2) is 14.7. The van der Waals surface area contributed by atoms with Crippen LogP contribution in [0.1, 0.15) is 105 Å². The van der Waals surface area contributed by atoms with Gasteiger partial charge in [-0.05, 0) is 32.6 Å². The fourth-order valence-electron chi connectivity index (χ4n) is 4.33. The van der Waals surface area contributed by atoms with E-state index in [0.717, 1.165) is 23.9 Å². The van der Waals surface area contributed by atoms with Gasteiger partial charge in [0, 0.05) is 20.3 Å². The maximum absolute atomic E-state index is 11.5. The van der Waals surface area contributed by atoms with E-state index in [1.54, 1.807) is 6.92 Å². The van der Waals surface area contributed by atoms with E-state index < -0.39 is 0 Å². The fraction of sp³-hybridized carbons (Fsp3) is 0.792. The molecule has 1 aliphatic heterocycles. The summed E-state index contributed by atoms with van der Waals surface area (Å²) in [6.07, 6.45) is 25.3. The van der Waals surface area contributed by atoms with Gasteiger partial charge in [0.1, 0.15) is 6.20 Å². The van der Waals surface area contributed by atoms with Crippen LogP contribution in [0.15, 0.2) is 24.6 Å². The molecular weight excluding hydrogens is 346 g/mol. The first-order valence-corrected chi connectivity index (χ1v) is 11.8. The van der Waals surface area contributed by atoms with Crippen molar-refractivity contribution in [3.63, 3.8) is 0 Å². The summed E-state index contributed by atoms with van der Waals surface area (Å²) in [4.78, 5) is 11.5. The molecule has 1 aliphatic rings. The van der Waals surface area contributed by atoms with Crippen molar-refractivity contribution in [3.8, 4) is 0 Å². The van der Waals surface area contributed by atoms with E-state index in [9.17, 15) is 4.79 Å². The molecule has 4 nitrogen and oxygen atoms in total. The van der Waals surface area contributed by atoms with Gasteiger partial charge in [-0.2, -0.15) is 0 Å². The quantitative estimate of drug-likeness (QED) is 0.193. The Balaban J connectivity index is 2.16. The highest BCUT2D eigenvalue weighted by molar-refractivity contribution is 5.72. The standard InChI is InChI=1S/C24H45N3O/c1-5-7-8-9-10-11-12-13-14-15-16-17-18-19-24-25-20-21-27(24,6-2)22(3)26-23(4)28/h15-16,20-22,24-25H,5-14,17-19H2,1-4H3/p+1/b16-15+. The zero-order valence-corrected chi connectivity index (χ0v) is 19.0. The van der Waals surface area contributed by atoms with Crippen molar-refractivity contribution in [3.05, 3.63) is 24.6 Å². The van der Waals surface area contributed by atoms with E-state index >= 15 is 0 Å². The van der Waals surface area contributed by atoms with Gasteiger partial charge in [-0.3, -0.25) is 9.28 Å². The molecule has 28 heavy (non-hydrogen) atoms. The molecule has 1 rings (SSSR count). The van der Waals surface area contributed by atoms with Crippen molar-refractivity contribution < 1.29 is 9.28 Å². The summed E-state index contributed by atoms with van der Waals surface area (Å²) >= 11 is 0. The summed E-state index contributed by atoms with van der Waals surface area (Å²) in [5.74, 6) is 0.0430. The Morgan fingerprint density at radius 3 is 2.25 bits per heavy atom. The number of carbonyl (C=O) groups excluding carboxylic acids is 1. The van der Waals surface area contributed by atoms with Crippen LogP contribution in [0.25, 0.3) is 0 Å². The minimum absolute atomic E-state index is 0.0430. The van der Waals surface area contributed by atoms with Crippen LogP contribution in [-0.4, -0.2) is 29.3 Å². The molecule has 0 radical (unpaired) electrons. The monoisotopic (exact) mass is 392 g/mol. The minimum atomic E-state index is 0.0430. The first-order valence-electron chi connectivity index (χ1n) is 11.8. The van der Waals surface area contributed by atoms with Gasteiger partial charge in [-0.15, -0.1) is 0 Å². The maximum Gasteiger partial charge on any atom is 0.221 e. The smallest absolute Gasteiger partial charge is 0.221 e. The number of nitrogens with one attached hydrogen (secondary N) is 2. The lowest BCUT2D eigenvalue weighted by Gasteiger charge is -2.41. The predicted octanol–water partition coefficient (Wildman–Crippen LogP) is 5.96. The molecule has 0 aromatic heterocycles. The fourth-order valence-corrected chi connectivity index (χ4v) is 4.33. The Hall–Kier alpha value is -1.29. The zero-order valence-electron chi connectivity index (χ0n) is 19.0. The van der Waals surface area contributed by atoms with E-state index in [1.807, 2.05) is 0 Å². The maximum atomic E-state index is 11.5. The number of unbranched alkanes of at least 4 members (excludes halogenated alkanes) is 9. The summed E-state index contributed by atoms with van der Waals surface area (Å²) in [7, 11) is 0. The van der Waals surface area contributed by atoms with E-state index in [1.165, 1.54) is 64.2 Å². The number of hydrogen-bond donors (Lipinski definition) is 2. The lowest BCUT2D eigenvalue weighted by molar-refractivity contribution is -0.923. The molecule has 4 heteroatoms. The molecule has 0 aromatic rings. The molecule has 0 saturated carbocycles. The molecule has 3 atom stereocenters. The normalized spacial score (nSPS) is 22.5. The van der Waals surface area contributed by atoms with Crippen LogP contribution >= 0.6 is 0 Å². The largest absolute Gasteiger partial charge is 0.338 e. The topological polar surface area (TPSA) is 41.1 Å². The third-order valence-electron chi connectivity index (χ3n) is 6.14. The van der Waals surface area contributed by atoms with Gasteiger partial charge < -0.3 is 10.6 Å². The van der Waals surface area contributed by atoms with Gasteiger partial charge in [0.2, 0.25) is 5.91 Å². The molecular formula is C24H46N3O+. The van der Waals surface area contributed by atoms with E-state index in [2.05, 4.69) is 56.0 Å². The highest BCUT2D eigenvalue weighted by atomic mass is 16.1. The first-order chi connectivity index (χ1) is 13.6. The lowest BCUT2D eigenvalue weighted by atomic mass is 10.1. The molecule has 0 fully saturated rings. The van der Waals surface area contributed by atoms with Crippen LogP contribution in [0.4, 0.5) is 0 Å². The van der Waals surface area contributed by atoms with Crippen LogP contribution < -0.4 is 10.6 Å². The van der Waals surface area contributed by atoms with Crippen LogP contribution in [0.5, 0.6) is 0 Å². The van der Waals surface area contributed by atoms with E-state index in [-0.39, 0.29) is 12.1 Å². The highest BCUT2D eigenvalue weighted by Crippen LogP contribution is 2.25. The Bertz CT molecular complexity index is 474. The molecule has 1 heterocycles. The summed E-state index contributed by atoms with van der Waals surface area (Å²) in [5, 5.41) is 6.60. The second-order valence-electron chi connectivity index (χ2n) is 8.35. The molecule has 0 aliphatic carbocycles. The molecule has 0 saturated heterocycles. The average molecular weight is 393 g/mol. The summed E-state index contributed by atoms with van der Waals surface area (Å²) in [5.41, 5.74) is 0. The zero-order chi connectivity index (χ0) is 20.7. The lowest BCUT2D eigenvalue weighted by Crippen LogP contribution is -2.62. The summed E-state index contributed by atoms with van der Waals surface area (Å²) < 4.78 is 0.793. The molecule has 3 unspecified atom stereocenters. The van der Waals surface area contributed by atoms with Crippen LogP contribution in [0, 0.1) is 0 Å². The van der Waals surface area contributed by atoms with E-state index in [0.29, 0.717) is 6.17 Å². The number of carbonyl (C=O) groups is 1. The number of quaternary nitrogens is 1. The second-order valence-corrected chi connectivity index (χ2v) is 8.35. The van der Waals surface area contributed by atoms with Crippen molar-refractivity contribution in [1.29, 1.82) is 0 Å². The Morgan fingerprint density at radius 1 is 1.04 bits per heavy atom.